The van der Waals surface area contributed by atoms with Crippen LogP contribution in [0.5, 0.6) is 0 Å². The van der Waals surface area contributed by atoms with Gasteiger partial charge in [0, 0.05) is 19.5 Å². The van der Waals surface area contributed by atoms with Crippen molar-refractivity contribution in [3.05, 3.63) is 93.7 Å². The van der Waals surface area contributed by atoms with Crippen LogP contribution in [0.15, 0.2) is 24.3 Å². The Morgan fingerprint density at radius 2 is 1.37 bits per heavy atom. The van der Waals surface area contributed by atoms with E-state index in [0.717, 1.165) is 0 Å². The smallest absolute Gasteiger partial charge is 0.302 e. The molecule has 5 heteroatoms. The van der Waals surface area contributed by atoms with Crippen molar-refractivity contribution in [2.45, 2.75) is 25.7 Å². The summed E-state index contributed by atoms with van der Waals surface area (Å²) in [4.78, 5) is 2.35. The first-order valence-corrected chi connectivity index (χ1v) is 14.4. The molecule has 0 unspecified atom stereocenters. The zero-order chi connectivity index (χ0) is 19.3. The van der Waals surface area contributed by atoms with Crippen molar-refractivity contribution < 1.29 is 17.1 Å². The van der Waals surface area contributed by atoms with E-state index in [4.69, 9.17) is 0 Å². The summed E-state index contributed by atoms with van der Waals surface area (Å²) in [7, 11) is 3.02. The van der Waals surface area contributed by atoms with Crippen LogP contribution in [0.4, 0.5) is 0 Å². The maximum Gasteiger partial charge on any atom is 2.00 e. The van der Waals surface area contributed by atoms with Gasteiger partial charge in [-0.25, -0.2) is 0 Å². The van der Waals surface area contributed by atoms with Gasteiger partial charge in [-0.2, -0.15) is 0 Å². The summed E-state index contributed by atoms with van der Waals surface area (Å²) in [6, 6.07) is 9.08. The second-order valence-electron chi connectivity index (χ2n) is 7.61. The Morgan fingerprint density at radius 3 is 1.81 bits per heavy atom. The summed E-state index contributed by atoms with van der Waals surface area (Å²) < 4.78 is 2.73. The minimum absolute atomic E-state index is 0. The van der Waals surface area contributed by atoms with E-state index in [1.54, 1.807) is 5.54 Å². The van der Waals surface area contributed by atoms with E-state index in [2.05, 4.69) is 121 Å². The van der Waals surface area contributed by atoms with Gasteiger partial charge in [0.25, 0.3) is 0 Å². The first-order chi connectivity index (χ1) is 12.2. The Balaban J connectivity index is 0.000000526. The fourth-order valence-electron chi connectivity index (χ4n) is 3.11. The van der Waals surface area contributed by atoms with Crippen LogP contribution >= 0.6 is 45.2 Å². The van der Waals surface area contributed by atoms with Crippen LogP contribution in [0, 0.1) is 63.9 Å². The molecule has 0 amide bonds. The van der Waals surface area contributed by atoms with Crippen LogP contribution in [0.25, 0.3) is 0 Å². The minimum atomic E-state index is -1.35. The number of hydrogen-bond donors (Lipinski definition) is 0. The number of hydrogen-bond acceptors (Lipinski definition) is 1. The van der Waals surface area contributed by atoms with Crippen LogP contribution in [-0.2, 0) is 17.1 Å². The molecule has 1 aromatic carbocycles. The maximum absolute atomic E-state index is 2.50. The molecule has 1 atom stereocenters. The van der Waals surface area contributed by atoms with E-state index >= 15 is 0 Å². The summed E-state index contributed by atoms with van der Waals surface area (Å²) in [5.74, 6) is 1.52. The number of benzene rings is 1. The van der Waals surface area contributed by atoms with Gasteiger partial charge in [0.15, 0.2) is 0 Å². The van der Waals surface area contributed by atoms with Crippen molar-refractivity contribution in [1.29, 1.82) is 0 Å². The summed E-state index contributed by atoms with van der Waals surface area (Å²) in [5.41, 5.74) is 3.00. The molecule has 0 aromatic heterocycles. The van der Waals surface area contributed by atoms with Crippen LogP contribution in [0.1, 0.15) is 11.6 Å². The molecule has 2 aliphatic carbocycles. The molecular formula is C22H27FeI2NSi+2. The number of halogens is 2. The Bertz CT molecular complexity index is 550. The predicted octanol–water partition coefficient (Wildman–Crippen LogP) is 6.33. The molecule has 0 bridgehead atoms. The third-order valence-electron chi connectivity index (χ3n) is 4.30. The molecule has 2 aliphatic rings. The molecular weight excluding hydrogens is 616 g/mol. The molecule has 27 heavy (non-hydrogen) atoms. The molecule has 0 heterocycles. The van der Waals surface area contributed by atoms with E-state index in [1.165, 1.54) is 19.0 Å². The molecule has 1 aromatic rings. The SMILES string of the molecule is CN(C)[C@@H]([C]1[C](I)[CH][CH][C]1[Si](C)(C)C)c1ccccc1I.[CH]1[CH][CH][CH][CH]1.[Fe+2]. The van der Waals surface area contributed by atoms with Crippen molar-refractivity contribution >= 4 is 53.3 Å². The quantitative estimate of drug-likeness (QED) is 0.274. The summed E-state index contributed by atoms with van der Waals surface area (Å²) in [6.07, 6.45) is 14.6. The Kier molecular flexibility index (Phi) is 12.0. The minimum Gasteiger partial charge on any atom is -0.302 e. The average molecular weight is 643 g/mol. The van der Waals surface area contributed by atoms with Gasteiger partial charge >= 0.3 is 17.1 Å². The van der Waals surface area contributed by atoms with Crippen LogP contribution < -0.4 is 0 Å². The number of nitrogens with zero attached hydrogens (tertiary/aromatic N) is 1. The molecule has 3 rings (SSSR count). The van der Waals surface area contributed by atoms with Crippen molar-refractivity contribution in [2.75, 3.05) is 14.1 Å². The standard InChI is InChI=1S/C17H22I2NSi.C5H5.Fe/c1-20(2)17(12-8-6-7-9-13(12)18)16-14(19)10-11-15(16)21(3,4)5;1-2-4-5-3-1;/h6-11,17H,1-5H3;1-5H;/q;;+2/t17-;;/m1../s1. The Labute approximate surface area is 207 Å². The monoisotopic (exact) mass is 643 g/mol. The molecule has 2 fully saturated rings. The topological polar surface area (TPSA) is 3.24 Å². The summed E-state index contributed by atoms with van der Waals surface area (Å²) >= 11 is 4.96. The summed E-state index contributed by atoms with van der Waals surface area (Å²) in [5, 5.41) is 0. The fraction of sp³-hybridized carbons (Fsp3) is 0.273. The van der Waals surface area contributed by atoms with Gasteiger partial charge in [-0.3, -0.25) is 0 Å². The average Bonchev–Trinajstić information content (AvgIpc) is 3.23. The van der Waals surface area contributed by atoms with Crippen LogP contribution in [0.3, 0.4) is 0 Å². The fourth-order valence-corrected chi connectivity index (χ4v) is 6.47. The van der Waals surface area contributed by atoms with Gasteiger partial charge < -0.3 is 4.90 Å². The van der Waals surface area contributed by atoms with Crippen molar-refractivity contribution in [3.8, 4) is 0 Å². The summed E-state index contributed by atoms with van der Waals surface area (Å²) in [6.45, 7) is 7.31. The first-order valence-electron chi connectivity index (χ1n) is 8.76. The normalized spacial score (nSPS) is 20.3. The molecule has 0 aliphatic heterocycles. The van der Waals surface area contributed by atoms with Gasteiger partial charge in [-0.15, -0.1) is 0 Å². The van der Waals surface area contributed by atoms with Crippen molar-refractivity contribution in [3.63, 3.8) is 0 Å². The Hall–Kier alpha value is 1.38. The molecule has 0 N–H and O–H groups in total. The zero-order valence-corrected chi connectivity index (χ0v) is 22.9. The molecule has 0 saturated heterocycles. The number of rotatable bonds is 4. The molecule has 2 saturated carbocycles. The van der Waals surface area contributed by atoms with Crippen molar-refractivity contribution in [2.24, 2.45) is 0 Å². The van der Waals surface area contributed by atoms with Gasteiger partial charge in [0.2, 0.25) is 0 Å². The largest absolute Gasteiger partial charge is 2.00 e. The second kappa shape index (κ2) is 12.3. The van der Waals surface area contributed by atoms with E-state index < -0.39 is 8.07 Å². The van der Waals surface area contributed by atoms with E-state index in [9.17, 15) is 0 Å². The molecule has 10 radical (unpaired) electrons. The third-order valence-corrected chi connectivity index (χ3v) is 8.27. The maximum atomic E-state index is 2.50. The Morgan fingerprint density at radius 1 is 0.852 bits per heavy atom. The van der Waals surface area contributed by atoms with Gasteiger partial charge in [0.1, 0.15) is 0 Å². The zero-order valence-electron chi connectivity index (χ0n) is 16.5. The van der Waals surface area contributed by atoms with E-state index in [1.807, 2.05) is 32.1 Å². The van der Waals surface area contributed by atoms with Gasteiger partial charge in [-0.05, 0) is 98.8 Å². The van der Waals surface area contributed by atoms with E-state index in [0.29, 0.717) is 6.04 Å². The van der Waals surface area contributed by atoms with Crippen LogP contribution in [-0.4, -0.2) is 27.1 Å². The molecule has 144 valence electrons. The molecule has 1 nitrogen and oxygen atoms in total. The van der Waals surface area contributed by atoms with Crippen molar-refractivity contribution in [1.82, 2.24) is 4.90 Å². The first kappa shape index (κ1) is 26.4. The third kappa shape index (κ3) is 7.53. The predicted molar refractivity (Wildman–Crippen MR) is 133 cm³/mol. The second-order valence-corrected chi connectivity index (χ2v) is 15.0. The molecule has 0 spiro atoms. The van der Waals surface area contributed by atoms with Gasteiger partial charge in [-0.1, -0.05) is 60.4 Å². The van der Waals surface area contributed by atoms with E-state index in [-0.39, 0.29) is 17.1 Å². The van der Waals surface area contributed by atoms with Gasteiger partial charge in [0.05, 0.1) is 8.07 Å². The van der Waals surface area contributed by atoms with Crippen LogP contribution in [0.2, 0.25) is 19.6 Å².